The summed E-state index contributed by atoms with van der Waals surface area (Å²) in [4.78, 5) is 8.30. The van der Waals surface area contributed by atoms with E-state index < -0.39 is 0 Å². The summed E-state index contributed by atoms with van der Waals surface area (Å²) in [6.07, 6.45) is 5.73. The number of hydrogen-bond acceptors (Lipinski definition) is 4. The highest BCUT2D eigenvalue weighted by molar-refractivity contribution is 5.30. The molecule has 2 rings (SSSR count). The van der Waals surface area contributed by atoms with E-state index in [-0.39, 0.29) is 6.10 Å². The van der Waals surface area contributed by atoms with Gasteiger partial charge >= 0.3 is 0 Å². The minimum absolute atomic E-state index is 0.0561. The zero-order chi connectivity index (χ0) is 9.26. The molecule has 1 saturated carbocycles. The minimum atomic E-state index is 0.0561. The summed E-state index contributed by atoms with van der Waals surface area (Å²) in [5, 5.41) is 0. The molecule has 4 nitrogen and oxygen atoms in total. The third-order valence-corrected chi connectivity index (χ3v) is 2.25. The van der Waals surface area contributed by atoms with Crippen molar-refractivity contribution in [2.24, 2.45) is 5.92 Å². The third-order valence-electron chi connectivity index (χ3n) is 2.25. The molecule has 1 unspecified atom stereocenters. The third kappa shape index (κ3) is 1.78. The lowest BCUT2D eigenvalue weighted by molar-refractivity contribution is 0.0772. The summed E-state index contributed by atoms with van der Waals surface area (Å²) in [5.74, 6) is 1.35. The number of nitrogen functional groups attached to an aromatic ring is 1. The quantitative estimate of drug-likeness (QED) is 0.756. The summed E-state index contributed by atoms with van der Waals surface area (Å²) in [6, 6.07) is 0. The Balaban J connectivity index is 2.17. The van der Waals surface area contributed by atoms with Crippen LogP contribution in [-0.4, -0.2) is 17.1 Å². The fourth-order valence-corrected chi connectivity index (χ4v) is 1.40. The van der Waals surface area contributed by atoms with Gasteiger partial charge in [0.2, 0.25) is 0 Å². The van der Waals surface area contributed by atoms with E-state index in [0.717, 1.165) is 5.82 Å². The second-order valence-electron chi connectivity index (χ2n) is 3.37. The van der Waals surface area contributed by atoms with Crippen LogP contribution >= 0.6 is 0 Å². The molecule has 2 N–H and O–H groups in total. The van der Waals surface area contributed by atoms with Gasteiger partial charge in [-0.1, -0.05) is 0 Å². The predicted octanol–water partition coefficient (Wildman–Crippen LogP) is 1.16. The molecule has 0 bridgehead atoms. The van der Waals surface area contributed by atoms with Crippen molar-refractivity contribution in [1.82, 2.24) is 9.97 Å². The van der Waals surface area contributed by atoms with Gasteiger partial charge in [-0.25, -0.2) is 9.97 Å². The van der Waals surface area contributed by atoms with Gasteiger partial charge < -0.3 is 10.5 Å². The molecule has 0 spiro atoms. The van der Waals surface area contributed by atoms with Crippen molar-refractivity contribution in [1.29, 1.82) is 0 Å². The van der Waals surface area contributed by atoms with Crippen LogP contribution in [0.5, 0.6) is 0 Å². The molecular formula is C9H13N3O. The Hall–Kier alpha value is -1.16. The number of aromatic nitrogens is 2. The SMILES string of the molecule is COC(c1ncc(N)cn1)C1CC1. The van der Waals surface area contributed by atoms with E-state index in [9.17, 15) is 0 Å². The maximum atomic E-state index is 5.49. The number of hydrogen-bond donors (Lipinski definition) is 1. The fourth-order valence-electron chi connectivity index (χ4n) is 1.40. The highest BCUT2D eigenvalue weighted by Crippen LogP contribution is 2.41. The molecule has 70 valence electrons. The number of ether oxygens (including phenoxy) is 1. The van der Waals surface area contributed by atoms with Gasteiger partial charge in [0.25, 0.3) is 0 Å². The van der Waals surface area contributed by atoms with Crippen LogP contribution in [0.1, 0.15) is 24.8 Å². The lowest BCUT2D eigenvalue weighted by atomic mass is 10.2. The van der Waals surface area contributed by atoms with E-state index in [1.54, 1.807) is 19.5 Å². The van der Waals surface area contributed by atoms with Crippen molar-refractivity contribution >= 4 is 5.69 Å². The van der Waals surface area contributed by atoms with Crippen LogP contribution in [0.4, 0.5) is 5.69 Å². The first-order chi connectivity index (χ1) is 6.31. The largest absolute Gasteiger partial charge is 0.396 e. The van der Waals surface area contributed by atoms with Crippen molar-refractivity contribution < 1.29 is 4.74 Å². The fraction of sp³-hybridized carbons (Fsp3) is 0.556. The molecule has 0 radical (unpaired) electrons. The van der Waals surface area contributed by atoms with Gasteiger partial charge in [-0.15, -0.1) is 0 Å². The highest BCUT2D eigenvalue weighted by Gasteiger charge is 2.34. The van der Waals surface area contributed by atoms with Crippen molar-refractivity contribution in [3.8, 4) is 0 Å². The van der Waals surface area contributed by atoms with Gasteiger partial charge in [-0.2, -0.15) is 0 Å². The second kappa shape index (κ2) is 3.30. The summed E-state index contributed by atoms with van der Waals surface area (Å²) in [5.41, 5.74) is 6.09. The predicted molar refractivity (Wildman–Crippen MR) is 48.9 cm³/mol. The number of rotatable bonds is 3. The van der Waals surface area contributed by atoms with Crippen LogP contribution in [0.2, 0.25) is 0 Å². The van der Waals surface area contributed by atoms with E-state index in [1.165, 1.54) is 12.8 Å². The van der Waals surface area contributed by atoms with Crippen LogP contribution in [0, 0.1) is 5.92 Å². The van der Waals surface area contributed by atoms with E-state index in [2.05, 4.69) is 9.97 Å². The molecule has 0 amide bonds. The summed E-state index contributed by atoms with van der Waals surface area (Å²) < 4.78 is 5.33. The molecule has 1 aromatic heterocycles. The molecule has 4 heteroatoms. The molecule has 1 aromatic rings. The van der Waals surface area contributed by atoms with E-state index >= 15 is 0 Å². The molecule has 0 aliphatic heterocycles. The number of methoxy groups -OCH3 is 1. The normalized spacial score (nSPS) is 18.5. The van der Waals surface area contributed by atoms with Gasteiger partial charge in [-0.05, 0) is 18.8 Å². The van der Waals surface area contributed by atoms with Gasteiger partial charge in [0.15, 0.2) is 5.82 Å². The Morgan fingerprint density at radius 1 is 1.46 bits per heavy atom. The van der Waals surface area contributed by atoms with Gasteiger partial charge in [-0.3, -0.25) is 0 Å². The van der Waals surface area contributed by atoms with Crippen LogP contribution in [0.3, 0.4) is 0 Å². The smallest absolute Gasteiger partial charge is 0.157 e. The highest BCUT2D eigenvalue weighted by atomic mass is 16.5. The molecule has 1 aliphatic rings. The first-order valence-corrected chi connectivity index (χ1v) is 4.41. The maximum absolute atomic E-state index is 5.49. The molecule has 0 aromatic carbocycles. The van der Waals surface area contributed by atoms with E-state index in [4.69, 9.17) is 10.5 Å². The summed E-state index contributed by atoms with van der Waals surface area (Å²) in [7, 11) is 1.70. The molecule has 0 saturated heterocycles. The minimum Gasteiger partial charge on any atom is -0.396 e. The van der Waals surface area contributed by atoms with Crippen molar-refractivity contribution in [3.63, 3.8) is 0 Å². The summed E-state index contributed by atoms with van der Waals surface area (Å²) >= 11 is 0. The zero-order valence-electron chi connectivity index (χ0n) is 7.60. The van der Waals surface area contributed by atoms with Crippen LogP contribution < -0.4 is 5.73 Å². The van der Waals surface area contributed by atoms with E-state index in [0.29, 0.717) is 11.6 Å². The number of nitrogens with zero attached hydrogens (tertiary/aromatic N) is 2. The van der Waals surface area contributed by atoms with Crippen LogP contribution in [0.25, 0.3) is 0 Å². The Morgan fingerprint density at radius 3 is 2.54 bits per heavy atom. The lowest BCUT2D eigenvalue weighted by Gasteiger charge is -2.11. The first kappa shape index (κ1) is 8.44. The van der Waals surface area contributed by atoms with Crippen molar-refractivity contribution in [2.75, 3.05) is 12.8 Å². The Morgan fingerprint density at radius 2 is 2.08 bits per heavy atom. The standard InChI is InChI=1S/C9H13N3O/c1-13-8(6-2-3-6)9-11-4-7(10)5-12-9/h4-6,8H,2-3,10H2,1H3. The average Bonchev–Trinajstić information content (AvgIpc) is 2.93. The Bertz CT molecular complexity index is 281. The molecule has 1 atom stereocenters. The summed E-state index contributed by atoms with van der Waals surface area (Å²) in [6.45, 7) is 0. The first-order valence-electron chi connectivity index (χ1n) is 4.41. The van der Waals surface area contributed by atoms with Crippen LogP contribution in [-0.2, 0) is 4.74 Å². The van der Waals surface area contributed by atoms with Crippen LogP contribution in [0.15, 0.2) is 12.4 Å². The second-order valence-corrected chi connectivity index (χ2v) is 3.37. The number of nitrogens with two attached hydrogens (primary N) is 1. The Kier molecular flexibility index (Phi) is 2.14. The van der Waals surface area contributed by atoms with Crippen molar-refractivity contribution in [2.45, 2.75) is 18.9 Å². The number of anilines is 1. The molecule has 13 heavy (non-hydrogen) atoms. The topological polar surface area (TPSA) is 61.0 Å². The van der Waals surface area contributed by atoms with Gasteiger partial charge in [0.05, 0.1) is 18.1 Å². The van der Waals surface area contributed by atoms with Gasteiger partial charge in [0.1, 0.15) is 6.10 Å². The van der Waals surface area contributed by atoms with Crippen molar-refractivity contribution in [3.05, 3.63) is 18.2 Å². The Labute approximate surface area is 77.1 Å². The maximum Gasteiger partial charge on any atom is 0.157 e. The molecule has 1 fully saturated rings. The molecule has 1 aliphatic carbocycles. The van der Waals surface area contributed by atoms with E-state index in [1.807, 2.05) is 0 Å². The average molecular weight is 179 g/mol. The van der Waals surface area contributed by atoms with Gasteiger partial charge in [0, 0.05) is 7.11 Å². The zero-order valence-corrected chi connectivity index (χ0v) is 7.60. The molecule has 1 heterocycles. The monoisotopic (exact) mass is 179 g/mol. The molecular weight excluding hydrogens is 166 g/mol. The lowest BCUT2D eigenvalue weighted by Crippen LogP contribution is -2.08.